The molecule has 0 atom stereocenters. The van der Waals surface area contributed by atoms with E-state index in [1.54, 1.807) is 0 Å². The van der Waals surface area contributed by atoms with Gasteiger partial charge in [0, 0.05) is 106 Å². The number of ether oxygens (including phenoxy) is 1. The number of piperazine rings is 1. The first kappa shape index (κ1) is 69.0. The van der Waals surface area contributed by atoms with Crippen LogP contribution in [-0.4, -0.2) is 226 Å². The number of thioether (sulfide) groups is 1. The highest BCUT2D eigenvalue weighted by molar-refractivity contribution is 7.99. The van der Waals surface area contributed by atoms with Crippen LogP contribution >= 0.6 is 11.8 Å². The second-order valence-electron chi connectivity index (χ2n) is 23.8. The molecule has 0 aromatic heterocycles. The number of morpholine rings is 1. The lowest BCUT2D eigenvalue weighted by Gasteiger charge is -2.34. The molecule has 1 N–H and O–H groups in total. The minimum absolute atomic E-state index is 0.413. The van der Waals surface area contributed by atoms with E-state index in [4.69, 9.17) is 4.74 Å². The van der Waals surface area contributed by atoms with E-state index in [9.17, 15) is 8.42 Å². The van der Waals surface area contributed by atoms with Crippen LogP contribution in [0.4, 0.5) is 0 Å². The van der Waals surface area contributed by atoms with Gasteiger partial charge >= 0.3 is 0 Å². The molecule has 8 heterocycles. The molecule has 71 heavy (non-hydrogen) atoms. The summed E-state index contributed by atoms with van der Waals surface area (Å²) < 4.78 is 27.2. The molecule has 0 spiro atoms. The lowest BCUT2D eigenvalue weighted by molar-refractivity contribution is 0.0238. The summed E-state index contributed by atoms with van der Waals surface area (Å²) in [6.07, 6.45) is 14.5. The van der Waals surface area contributed by atoms with Gasteiger partial charge in [0.15, 0.2) is 0 Å². The molecule has 0 aromatic carbocycles. The van der Waals surface area contributed by atoms with Crippen molar-refractivity contribution in [2.75, 3.05) is 141 Å². The highest BCUT2D eigenvalue weighted by Gasteiger charge is 2.25. The first-order valence-corrected chi connectivity index (χ1v) is 32.9. The molecular formula is C58H124N8O3S2. The molecule has 0 radical (unpaired) electrons. The van der Waals surface area contributed by atoms with Crippen molar-refractivity contribution in [3.63, 3.8) is 0 Å². The Morgan fingerprint density at radius 1 is 0.380 bits per heavy atom. The quantitative estimate of drug-likeness (QED) is 0.252. The lowest BCUT2D eigenvalue weighted by atomic mass is 9.91. The van der Waals surface area contributed by atoms with E-state index in [1.807, 2.05) is 0 Å². The predicted octanol–water partition coefficient (Wildman–Crippen LogP) is 10.3. The first-order valence-electron chi connectivity index (χ1n) is 29.9. The van der Waals surface area contributed by atoms with Gasteiger partial charge in [-0.3, -0.25) is 14.7 Å². The third kappa shape index (κ3) is 34.4. The maximum Gasteiger partial charge on any atom is 0.150 e. The van der Waals surface area contributed by atoms with Crippen molar-refractivity contribution in [1.82, 2.24) is 39.6 Å². The molecule has 8 rings (SSSR count). The van der Waals surface area contributed by atoms with Crippen LogP contribution in [0.15, 0.2) is 0 Å². The van der Waals surface area contributed by atoms with Gasteiger partial charge in [-0.15, -0.1) is 0 Å². The Hall–Kier alpha value is -0.0600. The van der Waals surface area contributed by atoms with E-state index >= 15 is 0 Å². The second-order valence-corrected chi connectivity index (χ2v) is 27.3. The van der Waals surface area contributed by atoms with E-state index in [0.717, 1.165) is 88.5 Å². The average Bonchev–Trinajstić information content (AvgIpc) is 3.90. The molecule has 0 amide bonds. The topological polar surface area (TPSA) is 78.1 Å². The van der Waals surface area contributed by atoms with Crippen molar-refractivity contribution in [3.05, 3.63) is 0 Å². The molecule has 0 aromatic rings. The van der Waals surface area contributed by atoms with Gasteiger partial charge in [-0.05, 0) is 219 Å². The Morgan fingerprint density at radius 2 is 0.662 bits per heavy atom. The van der Waals surface area contributed by atoms with E-state index in [-0.39, 0.29) is 0 Å². The number of piperidine rings is 2. The van der Waals surface area contributed by atoms with E-state index in [2.05, 4.69) is 162 Å². The Labute approximate surface area is 448 Å². The van der Waals surface area contributed by atoms with Gasteiger partial charge in [0.1, 0.15) is 9.84 Å². The van der Waals surface area contributed by atoms with Crippen molar-refractivity contribution >= 4 is 21.6 Å². The van der Waals surface area contributed by atoms with Gasteiger partial charge in [0.05, 0.1) is 24.7 Å². The van der Waals surface area contributed by atoms with Gasteiger partial charge in [-0.2, -0.15) is 11.8 Å². The second kappa shape index (κ2) is 41.1. The number of nitrogens with zero attached hydrogens (tertiary/aromatic N) is 7. The summed E-state index contributed by atoms with van der Waals surface area (Å²) in [5.74, 6) is 4.77. The van der Waals surface area contributed by atoms with Crippen LogP contribution in [0.2, 0.25) is 0 Å². The minimum atomic E-state index is -2.65. The maximum absolute atomic E-state index is 11.0. The third-order valence-corrected chi connectivity index (χ3v) is 18.4. The highest BCUT2D eigenvalue weighted by Crippen LogP contribution is 2.25. The number of likely N-dealkylation sites (tertiary alicyclic amines) is 4. The first-order chi connectivity index (χ1) is 33.6. The van der Waals surface area contributed by atoms with Crippen LogP contribution in [0.3, 0.4) is 0 Å². The molecule has 0 bridgehead atoms. The molecule has 8 aliphatic rings. The standard InChI is InChI=1S/2C8H17N.C8H16O2S.C7H16N2.C7H15NO.C7H15NS.C7H15N.C6H13N/c2*1-8(2)9-6-4-3-5-7-9;1-7(2)8-3-5-11(9,10)6-4-8;1-7(2)9-5-3-8-4-6-9;2*1-7(2)8-3-5-9-6-4-8;1-7(2)8-5-3-4-6-8;1-6(2)7-4-3-5-7/h2*8H,3-7H2,1-2H3;7-8H,3-6H2,1-2H3;7-8H,3-6H2,1-2H3;2*7H,3-6H2,1-2H3;7H,3-6H2,1-2H3;6H,3-5H2,1-2H3. The molecule has 0 aliphatic carbocycles. The fourth-order valence-corrected chi connectivity index (χ4v) is 12.4. The van der Waals surface area contributed by atoms with Crippen LogP contribution in [0.1, 0.15) is 181 Å². The largest absolute Gasteiger partial charge is 0.379 e. The molecule has 8 saturated heterocycles. The number of rotatable bonds is 8. The van der Waals surface area contributed by atoms with Crippen LogP contribution in [0.5, 0.6) is 0 Å². The fourth-order valence-electron chi connectivity index (χ4n) is 9.95. The SMILES string of the molecule is CC(C)C1CCS(=O)(=O)CC1.CC(C)N1CCC1.CC(C)N1CCCC1.CC(C)N1CCCCC1.CC(C)N1CCCCC1.CC(C)N1CCNCC1.CC(C)N1CCOCC1.CC(C)N1CCSCC1. The molecule has 0 unspecified atom stereocenters. The number of nitrogens with one attached hydrogen (secondary N) is 1. The molecule has 426 valence electrons. The zero-order valence-corrected chi connectivity index (χ0v) is 51.8. The van der Waals surface area contributed by atoms with Gasteiger partial charge in [0.25, 0.3) is 0 Å². The normalized spacial score (nSPS) is 23.4. The van der Waals surface area contributed by atoms with Gasteiger partial charge in [-0.1, -0.05) is 26.7 Å². The van der Waals surface area contributed by atoms with Gasteiger partial charge < -0.3 is 29.7 Å². The zero-order valence-electron chi connectivity index (χ0n) is 50.2. The van der Waals surface area contributed by atoms with E-state index in [0.29, 0.717) is 29.4 Å². The maximum atomic E-state index is 11.0. The summed E-state index contributed by atoms with van der Waals surface area (Å²) in [7, 11) is -2.65. The molecule has 13 heteroatoms. The van der Waals surface area contributed by atoms with Crippen molar-refractivity contribution in [3.8, 4) is 0 Å². The van der Waals surface area contributed by atoms with Crippen LogP contribution in [-0.2, 0) is 14.6 Å². The molecule has 0 saturated carbocycles. The summed E-state index contributed by atoms with van der Waals surface area (Å²) in [6, 6.07) is 5.27. The average molecular weight is 1050 g/mol. The van der Waals surface area contributed by atoms with Crippen LogP contribution < -0.4 is 5.32 Å². The van der Waals surface area contributed by atoms with Crippen molar-refractivity contribution in [2.24, 2.45) is 11.8 Å². The Bertz CT molecular complexity index is 1160. The molecule has 8 fully saturated rings. The number of hydrogen-bond acceptors (Lipinski definition) is 12. The number of sulfone groups is 1. The van der Waals surface area contributed by atoms with Crippen molar-refractivity contribution in [2.45, 2.75) is 224 Å². The van der Waals surface area contributed by atoms with E-state index in [1.165, 1.54) is 148 Å². The van der Waals surface area contributed by atoms with Crippen LogP contribution in [0.25, 0.3) is 0 Å². The summed E-state index contributed by atoms with van der Waals surface area (Å²) >= 11 is 2.07. The molecule has 8 aliphatic heterocycles. The lowest BCUT2D eigenvalue weighted by Crippen LogP contribution is -2.46. The van der Waals surface area contributed by atoms with Crippen molar-refractivity contribution < 1.29 is 13.2 Å². The van der Waals surface area contributed by atoms with Crippen molar-refractivity contribution in [1.29, 1.82) is 0 Å². The smallest absolute Gasteiger partial charge is 0.150 e. The number of hydrogen-bond donors (Lipinski definition) is 1. The summed E-state index contributed by atoms with van der Waals surface area (Å²) in [5, 5.41) is 3.33. The highest BCUT2D eigenvalue weighted by atomic mass is 32.2. The van der Waals surface area contributed by atoms with Gasteiger partial charge in [0.2, 0.25) is 0 Å². The monoisotopic (exact) mass is 1040 g/mol. The zero-order chi connectivity index (χ0) is 53.2. The summed E-state index contributed by atoms with van der Waals surface area (Å²) in [5.41, 5.74) is 0. The van der Waals surface area contributed by atoms with E-state index < -0.39 is 9.84 Å². The summed E-state index contributed by atoms with van der Waals surface area (Å²) in [6.45, 7) is 58.1. The predicted molar refractivity (Wildman–Crippen MR) is 316 cm³/mol. The Kier molecular flexibility index (Phi) is 39.9. The minimum Gasteiger partial charge on any atom is -0.379 e. The van der Waals surface area contributed by atoms with Crippen LogP contribution in [0, 0.1) is 11.8 Å². The Balaban J connectivity index is 0.000000407. The molecular weight excluding hydrogens is 921 g/mol. The Morgan fingerprint density at radius 3 is 0.901 bits per heavy atom. The summed E-state index contributed by atoms with van der Waals surface area (Å²) in [4.78, 5) is 17.6. The third-order valence-electron chi connectivity index (χ3n) is 15.7. The fraction of sp³-hybridized carbons (Fsp3) is 1.00. The molecule has 11 nitrogen and oxygen atoms in total. The van der Waals surface area contributed by atoms with Gasteiger partial charge in [-0.25, -0.2) is 8.42 Å².